The number of rotatable bonds is 2. The number of thioether (sulfide) groups is 1. The summed E-state index contributed by atoms with van der Waals surface area (Å²) in [5.41, 5.74) is 0.327. The van der Waals surface area contributed by atoms with Crippen LogP contribution in [-0.4, -0.2) is 29.6 Å². The minimum atomic E-state index is -0.154. The van der Waals surface area contributed by atoms with Crippen molar-refractivity contribution in [2.75, 3.05) is 7.05 Å². The number of hydrogen-bond donors (Lipinski definition) is 0. The largest absolute Gasteiger partial charge is 0.361 e. The molecule has 3 nitrogen and oxygen atoms in total. The van der Waals surface area contributed by atoms with Crippen LogP contribution in [0.25, 0.3) is 0 Å². The van der Waals surface area contributed by atoms with Gasteiger partial charge in [-0.1, -0.05) is 30.0 Å². The fourth-order valence-corrected chi connectivity index (χ4v) is 3.57. The molecule has 1 aliphatic carbocycles. The summed E-state index contributed by atoms with van der Waals surface area (Å²) in [7, 11) is 1.94. The number of carbonyl (C=O) groups is 2. The van der Waals surface area contributed by atoms with Crippen LogP contribution < -0.4 is 0 Å². The highest BCUT2D eigenvalue weighted by Crippen LogP contribution is 2.45. The van der Waals surface area contributed by atoms with Gasteiger partial charge >= 0.3 is 0 Å². The van der Waals surface area contributed by atoms with Gasteiger partial charge in [-0.2, -0.15) is 0 Å². The van der Waals surface area contributed by atoms with E-state index in [1.54, 1.807) is 11.8 Å². The minimum Gasteiger partial charge on any atom is -0.361 e. The standard InChI is InChI=1S/C13H15NO2S/c1-8(15)12(9(2)16)13-14(3)10-6-4-5-7-11(10)17-13/h4-5,7,10H,6H2,1-3H3. The topological polar surface area (TPSA) is 37.4 Å². The van der Waals surface area contributed by atoms with Crippen molar-refractivity contribution in [2.45, 2.75) is 26.3 Å². The summed E-state index contributed by atoms with van der Waals surface area (Å²) < 4.78 is 0. The van der Waals surface area contributed by atoms with Gasteiger partial charge in [0.2, 0.25) is 0 Å². The van der Waals surface area contributed by atoms with Crippen molar-refractivity contribution in [3.63, 3.8) is 0 Å². The van der Waals surface area contributed by atoms with Crippen LogP contribution in [0.4, 0.5) is 0 Å². The Hall–Kier alpha value is -1.29. The Morgan fingerprint density at radius 2 is 2.00 bits per heavy atom. The molecule has 4 heteroatoms. The normalized spacial score (nSPS) is 22.3. The number of allylic oxidation sites excluding steroid dienone is 3. The maximum atomic E-state index is 11.6. The summed E-state index contributed by atoms with van der Waals surface area (Å²) in [6, 6.07) is 0.286. The van der Waals surface area contributed by atoms with Gasteiger partial charge in [0.1, 0.15) is 0 Å². The predicted octanol–water partition coefficient (Wildman–Crippen LogP) is 2.27. The van der Waals surface area contributed by atoms with Gasteiger partial charge in [-0.25, -0.2) is 0 Å². The first-order chi connectivity index (χ1) is 8.02. The summed E-state index contributed by atoms with van der Waals surface area (Å²) in [6.45, 7) is 2.90. The molecule has 0 bridgehead atoms. The van der Waals surface area contributed by atoms with E-state index < -0.39 is 0 Å². The van der Waals surface area contributed by atoms with Crippen LogP contribution in [0.2, 0.25) is 0 Å². The van der Waals surface area contributed by atoms with Crippen LogP contribution in [0.15, 0.2) is 33.7 Å². The van der Waals surface area contributed by atoms with Gasteiger partial charge in [0, 0.05) is 12.0 Å². The van der Waals surface area contributed by atoms with Crippen molar-refractivity contribution in [2.24, 2.45) is 0 Å². The number of fused-ring (bicyclic) bond motifs is 1. The molecule has 1 atom stereocenters. The van der Waals surface area contributed by atoms with E-state index in [1.807, 2.05) is 18.0 Å². The second-order valence-corrected chi connectivity index (χ2v) is 5.32. The number of hydrogen-bond acceptors (Lipinski definition) is 4. The van der Waals surface area contributed by atoms with E-state index in [0.717, 1.165) is 11.4 Å². The summed E-state index contributed by atoms with van der Waals surface area (Å²) in [5.74, 6) is -0.307. The first-order valence-corrected chi connectivity index (χ1v) is 6.37. The molecule has 0 aromatic heterocycles. The smallest absolute Gasteiger partial charge is 0.166 e. The zero-order chi connectivity index (χ0) is 12.6. The Morgan fingerprint density at radius 3 is 2.53 bits per heavy atom. The monoisotopic (exact) mass is 249 g/mol. The lowest BCUT2D eigenvalue weighted by molar-refractivity contribution is -0.119. The van der Waals surface area contributed by atoms with Gasteiger partial charge in [0.05, 0.1) is 16.6 Å². The number of Topliss-reactive ketones (excluding diaryl/α,β-unsaturated/α-hetero) is 2. The summed E-state index contributed by atoms with van der Waals surface area (Å²) in [4.78, 5) is 26.4. The molecule has 2 rings (SSSR count). The summed E-state index contributed by atoms with van der Waals surface area (Å²) in [6.07, 6.45) is 7.12. The van der Waals surface area contributed by atoms with Crippen molar-refractivity contribution in [3.8, 4) is 0 Å². The molecule has 1 aliphatic heterocycles. The predicted molar refractivity (Wildman–Crippen MR) is 69.4 cm³/mol. The van der Waals surface area contributed by atoms with Gasteiger partial charge in [0.25, 0.3) is 0 Å². The first-order valence-electron chi connectivity index (χ1n) is 5.56. The van der Waals surface area contributed by atoms with E-state index in [9.17, 15) is 9.59 Å². The highest BCUT2D eigenvalue weighted by Gasteiger charge is 2.34. The third-order valence-corrected chi connectivity index (χ3v) is 4.33. The van der Waals surface area contributed by atoms with E-state index in [4.69, 9.17) is 0 Å². The van der Waals surface area contributed by atoms with Crippen molar-refractivity contribution >= 4 is 23.3 Å². The van der Waals surface area contributed by atoms with Crippen LogP contribution in [0.3, 0.4) is 0 Å². The fourth-order valence-electron chi connectivity index (χ4n) is 2.15. The van der Waals surface area contributed by atoms with Gasteiger partial charge < -0.3 is 4.90 Å². The van der Waals surface area contributed by atoms with Crippen LogP contribution >= 0.6 is 11.8 Å². The molecule has 0 radical (unpaired) electrons. The molecule has 1 heterocycles. The fraction of sp³-hybridized carbons (Fsp3) is 0.385. The van der Waals surface area contributed by atoms with Crippen molar-refractivity contribution in [1.29, 1.82) is 0 Å². The molecular weight excluding hydrogens is 234 g/mol. The quantitative estimate of drug-likeness (QED) is 0.427. The molecule has 0 saturated carbocycles. The molecule has 0 N–H and O–H groups in total. The highest BCUT2D eigenvalue weighted by atomic mass is 32.2. The number of ketones is 2. The van der Waals surface area contributed by atoms with Crippen molar-refractivity contribution < 1.29 is 9.59 Å². The molecule has 0 spiro atoms. The second kappa shape index (κ2) is 4.53. The first kappa shape index (κ1) is 12.2. The maximum Gasteiger partial charge on any atom is 0.166 e. The lowest BCUT2D eigenvalue weighted by atomic mass is 10.1. The summed E-state index contributed by atoms with van der Waals surface area (Å²) in [5, 5.41) is 0.796. The molecule has 0 aromatic rings. The Balaban J connectivity index is 2.45. The molecule has 1 saturated heterocycles. The average molecular weight is 249 g/mol. The zero-order valence-electron chi connectivity index (χ0n) is 10.2. The molecule has 0 aromatic carbocycles. The summed E-state index contributed by atoms with van der Waals surface area (Å²) >= 11 is 1.54. The molecular formula is C13H15NO2S. The third-order valence-electron chi connectivity index (χ3n) is 3.00. The molecule has 0 amide bonds. The SMILES string of the molecule is CC(=O)C(C(C)=O)=C1SC2=CC=CCC2N1C. The van der Waals surface area contributed by atoms with Gasteiger partial charge in [-0.05, 0) is 20.3 Å². The van der Waals surface area contributed by atoms with Crippen LogP contribution in [-0.2, 0) is 9.59 Å². The Morgan fingerprint density at radius 1 is 1.35 bits per heavy atom. The van der Waals surface area contributed by atoms with Crippen molar-refractivity contribution in [1.82, 2.24) is 4.90 Å². The van der Waals surface area contributed by atoms with Crippen LogP contribution in [0.5, 0.6) is 0 Å². The number of carbonyl (C=O) groups excluding carboxylic acids is 2. The second-order valence-electron chi connectivity index (χ2n) is 4.25. The maximum absolute atomic E-state index is 11.6. The van der Waals surface area contributed by atoms with Gasteiger partial charge in [0.15, 0.2) is 11.6 Å². The highest BCUT2D eigenvalue weighted by molar-refractivity contribution is 8.07. The average Bonchev–Trinajstić information content (AvgIpc) is 2.56. The zero-order valence-corrected chi connectivity index (χ0v) is 11.0. The van der Waals surface area contributed by atoms with Crippen LogP contribution in [0, 0.1) is 0 Å². The van der Waals surface area contributed by atoms with E-state index in [2.05, 4.69) is 12.2 Å². The molecule has 90 valence electrons. The third kappa shape index (κ3) is 2.09. The lowest BCUT2D eigenvalue weighted by Gasteiger charge is -2.23. The van der Waals surface area contributed by atoms with E-state index in [1.165, 1.54) is 18.8 Å². The number of likely N-dealkylation sites (N-methyl/N-ethyl adjacent to an activating group) is 1. The van der Waals surface area contributed by atoms with Crippen molar-refractivity contribution in [3.05, 3.63) is 33.7 Å². The molecule has 1 fully saturated rings. The number of nitrogens with zero attached hydrogens (tertiary/aromatic N) is 1. The van der Waals surface area contributed by atoms with Gasteiger partial charge in [-0.3, -0.25) is 9.59 Å². The Kier molecular flexibility index (Phi) is 3.24. The van der Waals surface area contributed by atoms with Crippen LogP contribution in [0.1, 0.15) is 20.3 Å². The molecule has 17 heavy (non-hydrogen) atoms. The van der Waals surface area contributed by atoms with E-state index in [-0.39, 0.29) is 17.6 Å². The molecule has 1 unspecified atom stereocenters. The lowest BCUT2D eigenvalue weighted by Crippen LogP contribution is -2.27. The molecule has 2 aliphatic rings. The van der Waals surface area contributed by atoms with E-state index >= 15 is 0 Å². The van der Waals surface area contributed by atoms with E-state index in [0.29, 0.717) is 5.57 Å². The van der Waals surface area contributed by atoms with Gasteiger partial charge in [-0.15, -0.1) is 0 Å². The Labute approximate surface area is 105 Å². The Bertz CT molecular complexity index is 458. The minimum absolute atomic E-state index is 0.154.